The average Bonchev–Trinajstić information content (AvgIpc) is 1.63. The van der Waals surface area contributed by atoms with Gasteiger partial charge in [-0.15, -0.1) is 0 Å². The van der Waals surface area contributed by atoms with Crippen LogP contribution >= 0.6 is 0 Å². The maximum atomic E-state index is 5.11. The molecule has 0 heterocycles. The summed E-state index contributed by atoms with van der Waals surface area (Å²) >= 11 is 0. The van der Waals surface area contributed by atoms with Crippen LogP contribution in [0, 0.1) is 5.92 Å². The van der Waals surface area contributed by atoms with E-state index in [1.54, 1.807) is 0 Å². The molecule has 48 valence electrons. The first-order valence-corrected chi connectivity index (χ1v) is 3.37. The van der Waals surface area contributed by atoms with Gasteiger partial charge in [0.2, 0.25) is 0 Å². The molecule has 1 aliphatic rings. The van der Waals surface area contributed by atoms with Gasteiger partial charge in [-0.1, -0.05) is 19.3 Å². The highest BCUT2D eigenvalue weighted by Gasteiger charge is 2.15. The minimum Gasteiger partial charge on any atom is -0.271 e. The van der Waals surface area contributed by atoms with Crippen LogP contribution in [0.15, 0.2) is 0 Å². The van der Waals surface area contributed by atoms with Gasteiger partial charge in [-0.2, -0.15) is 0 Å². The molecule has 2 nitrogen and oxygen atoms in total. The van der Waals surface area contributed by atoms with Gasteiger partial charge >= 0.3 is 0 Å². The summed E-state index contributed by atoms with van der Waals surface area (Å²) in [7, 11) is 0. The molecule has 1 aliphatic carbocycles. The van der Waals surface area contributed by atoms with Crippen molar-refractivity contribution in [2.45, 2.75) is 25.7 Å². The summed E-state index contributed by atoms with van der Waals surface area (Å²) in [5.41, 5.74) is 2.67. The first kappa shape index (κ1) is 6.05. The van der Waals surface area contributed by atoms with Gasteiger partial charge in [0.25, 0.3) is 0 Å². The van der Waals surface area contributed by atoms with E-state index in [0.29, 0.717) is 0 Å². The van der Waals surface area contributed by atoms with Gasteiger partial charge in [-0.25, -0.2) is 0 Å². The van der Waals surface area contributed by atoms with E-state index in [9.17, 15) is 0 Å². The lowest BCUT2D eigenvalue weighted by atomic mass is 9.83. The highest BCUT2D eigenvalue weighted by Crippen LogP contribution is 2.28. The Bertz CT molecular complexity index is 59.5. The SMILES string of the molecule is NNCCC1CCC1. The van der Waals surface area contributed by atoms with Crippen molar-refractivity contribution in [3.63, 3.8) is 0 Å². The second-order valence-corrected chi connectivity index (χ2v) is 2.54. The van der Waals surface area contributed by atoms with Gasteiger partial charge in [-0.3, -0.25) is 11.3 Å². The summed E-state index contributed by atoms with van der Waals surface area (Å²) in [6.07, 6.45) is 5.58. The van der Waals surface area contributed by atoms with Crippen LogP contribution in [0.1, 0.15) is 25.7 Å². The normalized spacial score (nSPS) is 20.6. The molecular weight excluding hydrogens is 100 g/mol. The topological polar surface area (TPSA) is 38.0 Å². The second-order valence-electron chi connectivity index (χ2n) is 2.54. The first-order chi connectivity index (χ1) is 3.93. The smallest absolute Gasteiger partial charge is 0.01000 e. The third-order valence-corrected chi connectivity index (χ3v) is 1.92. The molecule has 0 aromatic rings. The van der Waals surface area contributed by atoms with E-state index in [1.807, 2.05) is 0 Å². The Morgan fingerprint density at radius 3 is 2.62 bits per heavy atom. The van der Waals surface area contributed by atoms with E-state index in [1.165, 1.54) is 25.7 Å². The van der Waals surface area contributed by atoms with Crippen LogP contribution in [0.5, 0.6) is 0 Å². The molecule has 0 aromatic heterocycles. The van der Waals surface area contributed by atoms with Crippen LogP contribution in [0.3, 0.4) is 0 Å². The fourth-order valence-corrected chi connectivity index (χ4v) is 1.07. The zero-order valence-electron chi connectivity index (χ0n) is 5.19. The minimum absolute atomic E-state index is 0.991. The Morgan fingerprint density at radius 2 is 2.25 bits per heavy atom. The summed E-state index contributed by atoms with van der Waals surface area (Å²) in [6.45, 7) is 0.991. The maximum Gasteiger partial charge on any atom is 0.01000 e. The monoisotopic (exact) mass is 114 g/mol. The fourth-order valence-electron chi connectivity index (χ4n) is 1.07. The maximum absolute atomic E-state index is 5.11. The molecule has 0 aliphatic heterocycles. The Balaban J connectivity index is 1.86. The molecule has 1 saturated carbocycles. The molecule has 1 rings (SSSR count). The van der Waals surface area contributed by atoms with Crippen molar-refractivity contribution < 1.29 is 0 Å². The van der Waals surface area contributed by atoms with Crippen molar-refractivity contribution in [2.24, 2.45) is 11.8 Å². The summed E-state index contributed by atoms with van der Waals surface area (Å²) in [6, 6.07) is 0. The van der Waals surface area contributed by atoms with Gasteiger partial charge in [0.15, 0.2) is 0 Å². The number of hydrogen-bond acceptors (Lipinski definition) is 2. The summed E-state index contributed by atoms with van der Waals surface area (Å²) in [4.78, 5) is 0. The van der Waals surface area contributed by atoms with Crippen molar-refractivity contribution in [3.05, 3.63) is 0 Å². The predicted molar refractivity (Wildman–Crippen MR) is 34.1 cm³/mol. The number of nitrogens with one attached hydrogen (secondary N) is 1. The minimum atomic E-state index is 0.991. The van der Waals surface area contributed by atoms with E-state index < -0.39 is 0 Å². The van der Waals surface area contributed by atoms with Gasteiger partial charge in [0, 0.05) is 6.54 Å². The number of nitrogens with two attached hydrogens (primary N) is 1. The van der Waals surface area contributed by atoms with Gasteiger partial charge in [-0.05, 0) is 12.3 Å². The van der Waals surface area contributed by atoms with Crippen molar-refractivity contribution >= 4 is 0 Å². The second kappa shape index (κ2) is 3.05. The lowest BCUT2D eigenvalue weighted by Crippen LogP contribution is -2.26. The standard InChI is InChI=1S/C6H14N2/c7-8-5-4-6-2-1-3-6/h6,8H,1-5,7H2. The van der Waals surface area contributed by atoms with Gasteiger partial charge < -0.3 is 0 Å². The zero-order valence-corrected chi connectivity index (χ0v) is 5.19. The molecular formula is C6H14N2. The van der Waals surface area contributed by atoms with Crippen molar-refractivity contribution in [3.8, 4) is 0 Å². The highest BCUT2D eigenvalue weighted by molar-refractivity contribution is 4.69. The van der Waals surface area contributed by atoms with Gasteiger partial charge in [0.1, 0.15) is 0 Å². The molecule has 1 fully saturated rings. The van der Waals surface area contributed by atoms with E-state index >= 15 is 0 Å². The lowest BCUT2D eigenvalue weighted by molar-refractivity contribution is 0.293. The fraction of sp³-hybridized carbons (Fsp3) is 1.00. The lowest BCUT2D eigenvalue weighted by Gasteiger charge is -2.24. The van der Waals surface area contributed by atoms with Crippen LogP contribution in [0.25, 0.3) is 0 Å². The van der Waals surface area contributed by atoms with Crippen LogP contribution in [0.4, 0.5) is 0 Å². The molecule has 0 atom stereocenters. The zero-order chi connectivity index (χ0) is 5.82. The quantitative estimate of drug-likeness (QED) is 0.417. The van der Waals surface area contributed by atoms with Crippen LogP contribution in [-0.2, 0) is 0 Å². The number of rotatable bonds is 3. The molecule has 0 amide bonds. The summed E-state index contributed by atoms with van der Waals surface area (Å²) in [5, 5.41) is 0. The van der Waals surface area contributed by atoms with E-state index in [2.05, 4.69) is 5.43 Å². The van der Waals surface area contributed by atoms with Crippen LogP contribution in [-0.4, -0.2) is 6.54 Å². The molecule has 0 saturated heterocycles. The molecule has 8 heavy (non-hydrogen) atoms. The van der Waals surface area contributed by atoms with Crippen molar-refractivity contribution in [1.82, 2.24) is 5.43 Å². The van der Waals surface area contributed by atoms with Gasteiger partial charge in [0.05, 0.1) is 0 Å². The van der Waals surface area contributed by atoms with E-state index in [0.717, 1.165) is 12.5 Å². The van der Waals surface area contributed by atoms with Crippen LogP contribution < -0.4 is 11.3 Å². The molecule has 3 N–H and O–H groups in total. The Labute approximate surface area is 50.4 Å². The molecule has 0 bridgehead atoms. The van der Waals surface area contributed by atoms with Crippen molar-refractivity contribution in [1.29, 1.82) is 0 Å². The third-order valence-electron chi connectivity index (χ3n) is 1.92. The Morgan fingerprint density at radius 1 is 1.50 bits per heavy atom. The van der Waals surface area contributed by atoms with E-state index in [-0.39, 0.29) is 0 Å². The number of hydrogen-bond donors (Lipinski definition) is 2. The molecule has 2 heteroatoms. The van der Waals surface area contributed by atoms with E-state index in [4.69, 9.17) is 5.84 Å². The Hall–Kier alpha value is -0.0800. The van der Waals surface area contributed by atoms with Crippen LogP contribution in [0.2, 0.25) is 0 Å². The first-order valence-electron chi connectivity index (χ1n) is 3.37. The molecule has 0 spiro atoms. The molecule has 0 unspecified atom stereocenters. The molecule has 0 aromatic carbocycles. The molecule has 0 radical (unpaired) electrons. The third kappa shape index (κ3) is 1.46. The average molecular weight is 114 g/mol. The predicted octanol–water partition coefficient (Wildman–Crippen LogP) is 0.640. The summed E-state index contributed by atoms with van der Waals surface area (Å²) < 4.78 is 0. The van der Waals surface area contributed by atoms with Crippen molar-refractivity contribution in [2.75, 3.05) is 6.54 Å². The number of hydrazine groups is 1. The Kier molecular flexibility index (Phi) is 2.30. The summed E-state index contributed by atoms with van der Waals surface area (Å²) in [5.74, 6) is 6.10. The highest BCUT2D eigenvalue weighted by atomic mass is 15.2. The largest absolute Gasteiger partial charge is 0.271 e.